The van der Waals surface area contributed by atoms with Crippen LogP contribution in [0.1, 0.15) is 22.3 Å². The van der Waals surface area contributed by atoms with E-state index < -0.39 is 0 Å². The highest BCUT2D eigenvalue weighted by atomic mass is 32.1. The van der Waals surface area contributed by atoms with Gasteiger partial charge >= 0.3 is 0 Å². The zero-order valence-electron chi connectivity index (χ0n) is 17.2. The number of fused-ring (bicyclic) bond motifs is 1. The zero-order valence-corrected chi connectivity index (χ0v) is 18.0. The second-order valence-electron chi connectivity index (χ2n) is 7.33. The Balaban J connectivity index is 1.58. The number of rotatable bonds is 5. The minimum Gasteiger partial charge on any atom is -0.493 e. The van der Waals surface area contributed by atoms with Gasteiger partial charge in [0.15, 0.2) is 11.5 Å². The molecule has 0 fully saturated rings. The van der Waals surface area contributed by atoms with Gasteiger partial charge in [-0.15, -0.1) is 0 Å². The molecule has 0 spiro atoms. The molecule has 0 bridgehead atoms. The van der Waals surface area contributed by atoms with Crippen molar-refractivity contribution in [3.63, 3.8) is 0 Å². The Morgan fingerprint density at radius 2 is 1.66 bits per heavy atom. The highest BCUT2D eigenvalue weighted by molar-refractivity contribution is 7.71. The van der Waals surface area contributed by atoms with Crippen LogP contribution in [0, 0.1) is 18.6 Å². The Bertz CT molecular complexity index is 1080. The van der Waals surface area contributed by atoms with Crippen molar-refractivity contribution in [3.8, 4) is 17.2 Å². The van der Waals surface area contributed by atoms with Crippen LogP contribution < -0.4 is 9.47 Å². The first kappa shape index (κ1) is 19.6. The van der Waals surface area contributed by atoms with Crippen molar-refractivity contribution >= 4 is 12.2 Å². The topological polar surface area (TPSA) is 57.3 Å². The first-order valence-electron chi connectivity index (χ1n) is 9.57. The fourth-order valence-corrected chi connectivity index (χ4v) is 4.12. The van der Waals surface area contributed by atoms with Gasteiger partial charge in [-0.05, 0) is 77.3 Å². The minimum absolute atomic E-state index is 0.595. The average molecular weight is 412 g/mol. The van der Waals surface area contributed by atoms with E-state index in [0.717, 1.165) is 47.8 Å². The van der Waals surface area contributed by atoms with Crippen LogP contribution in [0.5, 0.6) is 11.5 Å². The highest BCUT2D eigenvalue weighted by Gasteiger charge is 2.21. The third kappa shape index (κ3) is 3.65. The largest absolute Gasteiger partial charge is 0.493 e. The van der Waals surface area contributed by atoms with E-state index in [1.165, 1.54) is 11.1 Å². The molecule has 7 nitrogen and oxygen atoms in total. The summed E-state index contributed by atoms with van der Waals surface area (Å²) >= 11 is 5.68. The van der Waals surface area contributed by atoms with Gasteiger partial charge in [0, 0.05) is 13.1 Å². The molecule has 4 rings (SSSR count). The molecule has 3 aromatic rings. The lowest BCUT2D eigenvalue weighted by Gasteiger charge is -2.29. The fourth-order valence-electron chi connectivity index (χ4n) is 3.89. The van der Waals surface area contributed by atoms with Crippen LogP contribution >= 0.6 is 12.2 Å². The first-order valence-corrected chi connectivity index (χ1v) is 9.98. The van der Waals surface area contributed by atoms with Crippen LogP contribution in [0.25, 0.3) is 5.69 Å². The van der Waals surface area contributed by atoms with Gasteiger partial charge in [0.1, 0.15) is 0 Å². The van der Waals surface area contributed by atoms with Gasteiger partial charge in [-0.25, -0.2) is 4.68 Å². The Labute approximate surface area is 175 Å². The molecule has 0 unspecified atom stereocenters. The number of ether oxygens (including phenoxy) is 2. The van der Waals surface area contributed by atoms with Crippen molar-refractivity contribution in [1.82, 2.24) is 24.7 Å². The summed E-state index contributed by atoms with van der Waals surface area (Å²) in [6.07, 6.45) is 0.939. The van der Waals surface area contributed by atoms with Crippen LogP contribution in [-0.4, -0.2) is 45.5 Å². The van der Waals surface area contributed by atoms with Crippen molar-refractivity contribution in [2.24, 2.45) is 0 Å². The van der Waals surface area contributed by atoms with Crippen molar-refractivity contribution < 1.29 is 9.47 Å². The second-order valence-corrected chi connectivity index (χ2v) is 7.70. The van der Waals surface area contributed by atoms with Crippen LogP contribution in [-0.2, 0) is 19.6 Å². The summed E-state index contributed by atoms with van der Waals surface area (Å²) in [7, 11) is 3.33. The van der Waals surface area contributed by atoms with Crippen LogP contribution in [0.2, 0.25) is 0 Å². The van der Waals surface area contributed by atoms with Crippen LogP contribution in [0.3, 0.4) is 0 Å². The quantitative estimate of drug-likeness (QED) is 0.600. The molecule has 1 aliphatic rings. The third-order valence-electron chi connectivity index (χ3n) is 5.42. The summed E-state index contributed by atoms with van der Waals surface area (Å²) in [4.78, 5) is 2.31. The Hall–Kier alpha value is -2.71. The van der Waals surface area contributed by atoms with E-state index in [0.29, 0.717) is 11.4 Å². The molecule has 0 saturated carbocycles. The average Bonchev–Trinajstić information content (AvgIpc) is 3.07. The molecule has 0 saturated heterocycles. The molecule has 2 aromatic carbocycles. The van der Waals surface area contributed by atoms with Gasteiger partial charge in [-0.2, -0.15) is 4.68 Å². The standard InChI is InChI=1S/C21H25N5O2S/c1-14-6-5-7-15(2)20(14)26-21(29)25(22-23-26)13-24-9-8-16-10-18(27-3)19(28-4)11-17(16)12-24/h5-7,10-11H,8-9,12-13H2,1-4H3. The zero-order chi connectivity index (χ0) is 20.5. The summed E-state index contributed by atoms with van der Waals surface area (Å²) in [6, 6.07) is 10.3. The Morgan fingerprint density at radius 1 is 1.00 bits per heavy atom. The Morgan fingerprint density at radius 3 is 2.31 bits per heavy atom. The number of para-hydroxylation sites is 1. The summed E-state index contributed by atoms with van der Waals surface area (Å²) in [5, 5.41) is 8.65. The van der Waals surface area contributed by atoms with Gasteiger partial charge in [0.05, 0.1) is 26.6 Å². The van der Waals surface area contributed by atoms with E-state index >= 15 is 0 Å². The smallest absolute Gasteiger partial charge is 0.221 e. The van der Waals surface area contributed by atoms with E-state index in [4.69, 9.17) is 21.7 Å². The summed E-state index contributed by atoms with van der Waals surface area (Å²) in [5.41, 5.74) is 5.79. The highest BCUT2D eigenvalue weighted by Crippen LogP contribution is 2.33. The van der Waals surface area contributed by atoms with Crippen molar-refractivity contribution in [2.75, 3.05) is 20.8 Å². The van der Waals surface area contributed by atoms with E-state index in [1.807, 2.05) is 6.07 Å². The van der Waals surface area contributed by atoms with E-state index in [1.54, 1.807) is 23.6 Å². The predicted molar refractivity (Wildman–Crippen MR) is 113 cm³/mol. The first-order chi connectivity index (χ1) is 14.0. The lowest BCUT2D eigenvalue weighted by atomic mass is 9.99. The number of nitrogens with zero attached hydrogens (tertiary/aromatic N) is 5. The lowest BCUT2D eigenvalue weighted by Crippen LogP contribution is -2.33. The number of hydrogen-bond donors (Lipinski definition) is 0. The molecule has 0 aliphatic carbocycles. The van der Waals surface area contributed by atoms with Crippen molar-refractivity contribution in [1.29, 1.82) is 0 Å². The molecule has 0 radical (unpaired) electrons. The van der Waals surface area contributed by atoms with Gasteiger partial charge in [-0.3, -0.25) is 4.90 Å². The monoisotopic (exact) mass is 411 g/mol. The van der Waals surface area contributed by atoms with Gasteiger partial charge in [-0.1, -0.05) is 18.2 Å². The summed E-state index contributed by atoms with van der Waals surface area (Å²) < 4.78 is 15.0. The SMILES string of the molecule is COc1cc2c(cc1OC)CN(Cn1nnn(-c3c(C)cccc3C)c1=S)CC2. The van der Waals surface area contributed by atoms with Crippen LogP contribution in [0.15, 0.2) is 30.3 Å². The van der Waals surface area contributed by atoms with E-state index in [-0.39, 0.29) is 0 Å². The maximum absolute atomic E-state index is 5.68. The summed E-state index contributed by atoms with van der Waals surface area (Å²) in [5.74, 6) is 1.53. The maximum atomic E-state index is 5.68. The lowest BCUT2D eigenvalue weighted by molar-refractivity contribution is 0.186. The van der Waals surface area contributed by atoms with Crippen LogP contribution in [0.4, 0.5) is 0 Å². The third-order valence-corrected chi connectivity index (χ3v) is 5.81. The van der Waals surface area contributed by atoms with Crippen molar-refractivity contribution in [3.05, 3.63) is 57.4 Å². The predicted octanol–water partition coefficient (Wildman–Crippen LogP) is 3.45. The van der Waals surface area contributed by atoms with E-state index in [2.05, 4.69) is 53.4 Å². The number of methoxy groups -OCH3 is 2. The van der Waals surface area contributed by atoms with E-state index in [9.17, 15) is 0 Å². The molecular weight excluding hydrogens is 386 g/mol. The molecule has 8 heteroatoms. The molecule has 0 atom stereocenters. The van der Waals surface area contributed by atoms with Gasteiger partial charge in [0.25, 0.3) is 0 Å². The minimum atomic E-state index is 0.595. The number of tetrazole rings is 1. The second kappa shape index (κ2) is 7.96. The number of aromatic nitrogens is 4. The molecule has 152 valence electrons. The molecule has 1 aliphatic heterocycles. The molecular formula is C21H25N5O2S. The Kier molecular flexibility index (Phi) is 5.38. The fraction of sp³-hybridized carbons (Fsp3) is 0.381. The van der Waals surface area contributed by atoms with Crippen molar-refractivity contribution in [2.45, 2.75) is 33.5 Å². The molecule has 2 heterocycles. The molecule has 0 N–H and O–H groups in total. The number of hydrogen-bond acceptors (Lipinski definition) is 6. The van der Waals surface area contributed by atoms with Gasteiger partial charge < -0.3 is 9.47 Å². The maximum Gasteiger partial charge on any atom is 0.221 e. The molecule has 29 heavy (non-hydrogen) atoms. The summed E-state index contributed by atoms with van der Waals surface area (Å²) in [6.45, 7) is 6.43. The molecule has 0 amide bonds. The normalized spacial score (nSPS) is 13.9. The number of aryl methyl sites for hydroxylation is 2. The van der Waals surface area contributed by atoms with Gasteiger partial charge in [0.2, 0.25) is 4.77 Å². The number of benzene rings is 2. The molecule has 1 aromatic heterocycles.